The van der Waals surface area contributed by atoms with Gasteiger partial charge in [0.2, 0.25) is 0 Å². The van der Waals surface area contributed by atoms with Gasteiger partial charge >= 0.3 is 0 Å². The average molecular weight is 360 g/mol. The van der Waals surface area contributed by atoms with Crippen molar-refractivity contribution in [1.29, 1.82) is 0 Å². The Kier molecular flexibility index (Phi) is 4.18. The summed E-state index contributed by atoms with van der Waals surface area (Å²) in [5.41, 5.74) is 1.49. The number of carbonyl (C=O) groups is 1. The zero-order valence-electron chi connectivity index (χ0n) is 15.6. The van der Waals surface area contributed by atoms with Crippen molar-refractivity contribution >= 4 is 17.5 Å². The lowest BCUT2D eigenvalue weighted by atomic mass is 9.76. The monoisotopic (exact) mass is 360 g/mol. The highest BCUT2D eigenvalue weighted by Gasteiger charge is 2.36. The highest BCUT2D eigenvalue weighted by Crippen LogP contribution is 2.39. The van der Waals surface area contributed by atoms with Crippen LogP contribution in [0.2, 0.25) is 0 Å². The van der Waals surface area contributed by atoms with E-state index in [2.05, 4.69) is 24.0 Å². The van der Waals surface area contributed by atoms with Crippen molar-refractivity contribution in [3.05, 3.63) is 33.9 Å². The molecule has 0 N–H and O–H groups in total. The number of rotatable bonds is 2. The third kappa shape index (κ3) is 3.17. The minimum Gasteiger partial charge on any atom is -0.294 e. The van der Waals surface area contributed by atoms with Crippen LogP contribution < -0.4 is 5.56 Å². The summed E-state index contributed by atoms with van der Waals surface area (Å²) in [6.07, 6.45) is 4.82. The number of fused-ring (bicyclic) bond motifs is 1. The maximum atomic E-state index is 12.6. The van der Waals surface area contributed by atoms with Crippen LogP contribution in [0.3, 0.4) is 0 Å². The summed E-state index contributed by atoms with van der Waals surface area (Å²) in [5.74, 6) is 0.123. The van der Waals surface area contributed by atoms with Crippen LogP contribution in [-0.4, -0.2) is 31.6 Å². The molecule has 7 heteroatoms. The fourth-order valence-corrected chi connectivity index (χ4v) is 3.89. The molecule has 0 atom stereocenters. The van der Waals surface area contributed by atoms with E-state index in [1.165, 1.54) is 16.4 Å². The third-order valence-electron chi connectivity index (χ3n) is 4.37. The summed E-state index contributed by atoms with van der Waals surface area (Å²) in [6, 6.07) is 1.54. The van der Waals surface area contributed by atoms with Crippen LogP contribution in [0, 0.1) is 5.41 Å². The lowest BCUT2D eigenvalue weighted by molar-refractivity contribution is 0.0908. The second-order valence-electron chi connectivity index (χ2n) is 8.32. The number of nitrogens with zero attached hydrogens (tertiary/aromatic N) is 4. The van der Waals surface area contributed by atoms with Gasteiger partial charge in [-0.2, -0.15) is 10.2 Å². The van der Waals surface area contributed by atoms with E-state index in [4.69, 9.17) is 0 Å². The largest absolute Gasteiger partial charge is 0.294 e. The van der Waals surface area contributed by atoms with Gasteiger partial charge in [-0.3, -0.25) is 9.59 Å². The SMILES string of the molecule is CSc1nn(-c2cnn(C(C)(C)C)c(=O)c2)c2c1C(=O)CC(C)(C)C2. The predicted octanol–water partition coefficient (Wildman–Crippen LogP) is 3.06. The zero-order valence-corrected chi connectivity index (χ0v) is 16.4. The van der Waals surface area contributed by atoms with E-state index >= 15 is 0 Å². The van der Waals surface area contributed by atoms with Crippen molar-refractivity contribution < 1.29 is 4.79 Å². The van der Waals surface area contributed by atoms with E-state index < -0.39 is 0 Å². The van der Waals surface area contributed by atoms with Gasteiger partial charge in [0.25, 0.3) is 5.56 Å². The van der Waals surface area contributed by atoms with Gasteiger partial charge in [-0.25, -0.2) is 9.36 Å². The number of Topliss-reactive ketones (excluding diaryl/α,β-unsaturated/α-hetero) is 1. The molecule has 0 amide bonds. The Hall–Kier alpha value is -1.89. The Morgan fingerprint density at radius 3 is 2.44 bits per heavy atom. The van der Waals surface area contributed by atoms with Gasteiger partial charge in [0, 0.05) is 12.5 Å². The highest BCUT2D eigenvalue weighted by molar-refractivity contribution is 7.98. The summed E-state index contributed by atoms with van der Waals surface area (Å²) in [4.78, 5) is 25.1. The van der Waals surface area contributed by atoms with Crippen molar-refractivity contribution in [2.75, 3.05) is 6.26 Å². The molecule has 0 aromatic carbocycles. The van der Waals surface area contributed by atoms with Crippen LogP contribution in [-0.2, 0) is 12.0 Å². The molecule has 0 saturated heterocycles. The number of carbonyl (C=O) groups excluding carboxylic acids is 1. The van der Waals surface area contributed by atoms with Crippen LogP contribution in [0.4, 0.5) is 0 Å². The van der Waals surface area contributed by atoms with Crippen molar-refractivity contribution in [3.63, 3.8) is 0 Å². The Labute approximate surface area is 151 Å². The second kappa shape index (κ2) is 5.83. The molecule has 2 heterocycles. The molecule has 25 heavy (non-hydrogen) atoms. The fraction of sp³-hybridized carbons (Fsp3) is 0.556. The average Bonchev–Trinajstić information content (AvgIpc) is 2.83. The first-order valence-electron chi connectivity index (χ1n) is 8.33. The summed E-state index contributed by atoms with van der Waals surface area (Å²) in [7, 11) is 0. The molecule has 3 rings (SSSR count). The molecule has 0 aliphatic heterocycles. The topological polar surface area (TPSA) is 69.8 Å². The Morgan fingerprint density at radius 2 is 1.88 bits per heavy atom. The Balaban J connectivity index is 2.18. The van der Waals surface area contributed by atoms with E-state index in [9.17, 15) is 9.59 Å². The minimum atomic E-state index is -0.387. The van der Waals surface area contributed by atoms with Gasteiger partial charge in [-0.1, -0.05) is 13.8 Å². The normalized spacial score (nSPS) is 16.8. The van der Waals surface area contributed by atoms with Gasteiger partial charge in [-0.05, 0) is 38.9 Å². The summed E-state index contributed by atoms with van der Waals surface area (Å²) in [5, 5.41) is 9.64. The van der Waals surface area contributed by atoms with Gasteiger partial charge in [0.05, 0.1) is 28.7 Å². The number of ketones is 1. The molecule has 2 aromatic heterocycles. The van der Waals surface area contributed by atoms with Crippen LogP contribution in [0.15, 0.2) is 22.1 Å². The molecule has 0 spiro atoms. The standard InChI is InChI=1S/C18H24N4O2S/c1-17(2,3)22-14(24)7-11(10-19-22)21-12-8-18(4,5)9-13(23)15(12)16(20-21)25-6/h7,10H,8-9H2,1-6H3. The van der Waals surface area contributed by atoms with Crippen molar-refractivity contribution in [1.82, 2.24) is 19.6 Å². The molecular weight excluding hydrogens is 336 g/mol. The number of thioether (sulfide) groups is 1. The molecule has 1 aliphatic carbocycles. The number of hydrogen-bond donors (Lipinski definition) is 0. The number of hydrogen-bond acceptors (Lipinski definition) is 5. The first-order chi connectivity index (χ1) is 11.5. The van der Waals surface area contributed by atoms with Crippen LogP contribution in [0.25, 0.3) is 5.69 Å². The van der Waals surface area contributed by atoms with E-state index in [0.29, 0.717) is 17.7 Å². The molecule has 2 aromatic rings. The maximum absolute atomic E-state index is 12.6. The minimum absolute atomic E-state index is 0.120. The number of aromatic nitrogens is 4. The van der Waals surface area contributed by atoms with Crippen LogP contribution in [0.5, 0.6) is 0 Å². The molecule has 0 fully saturated rings. The highest BCUT2D eigenvalue weighted by atomic mass is 32.2. The molecule has 134 valence electrons. The van der Waals surface area contributed by atoms with E-state index in [1.54, 1.807) is 16.9 Å². The summed E-state index contributed by atoms with van der Waals surface area (Å²) >= 11 is 1.46. The van der Waals surface area contributed by atoms with E-state index in [1.807, 2.05) is 27.0 Å². The smallest absolute Gasteiger partial charge is 0.269 e. The summed E-state index contributed by atoms with van der Waals surface area (Å²) in [6.45, 7) is 9.97. The lowest BCUT2D eigenvalue weighted by Crippen LogP contribution is -2.36. The first kappa shape index (κ1) is 17.9. The van der Waals surface area contributed by atoms with E-state index in [0.717, 1.165) is 17.1 Å². The predicted molar refractivity (Wildman–Crippen MR) is 98.8 cm³/mol. The molecule has 1 aliphatic rings. The lowest BCUT2D eigenvalue weighted by Gasteiger charge is -2.29. The Morgan fingerprint density at radius 1 is 1.20 bits per heavy atom. The van der Waals surface area contributed by atoms with E-state index in [-0.39, 0.29) is 22.3 Å². The molecule has 0 saturated carbocycles. The Bertz CT molecular complexity index is 903. The van der Waals surface area contributed by atoms with Gasteiger partial charge in [0.15, 0.2) is 5.78 Å². The maximum Gasteiger partial charge on any atom is 0.269 e. The van der Waals surface area contributed by atoms with Crippen molar-refractivity contribution in [3.8, 4) is 5.69 Å². The molecule has 0 radical (unpaired) electrons. The van der Waals surface area contributed by atoms with Gasteiger partial charge in [0.1, 0.15) is 5.03 Å². The second-order valence-corrected chi connectivity index (χ2v) is 9.11. The quantitative estimate of drug-likeness (QED) is 0.770. The first-order valence-corrected chi connectivity index (χ1v) is 9.55. The van der Waals surface area contributed by atoms with Crippen LogP contribution in [0.1, 0.15) is 57.1 Å². The van der Waals surface area contributed by atoms with Crippen LogP contribution >= 0.6 is 11.8 Å². The van der Waals surface area contributed by atoms with Gasteiger partial charge < -0.3 is 0 Å². The van der Waals surface area contributed by atoms with Crippen molar-refractivity contribution in [2.45, 2.75) is 58.0 Å². The van der Waals surface area contributed by atoms with Crippen molar-refractivity contribution in [2.24, 2.45) is 5.41 Å². The van der Waals surface area contributed by atoms with Gasteiger partial charge in [-0.15, -0.1) is 11.8 Å². The molecular formula is C18H24N4O2S. The third-order valence-corrected chi connectivity index (χ3v) is 5.04. The summed E-state index contributed by atoms with van der Waals surface area (Å²) < 4.78 is 3.18. The molecule has 0 unspecified atom stereocenters. The zero-order chi connectivity index (χ0) is 18.6. The fourth-order valence-electron chi connectivity index (χ4n) is 3.29. The molecule has 6 nitrogen and oxygen atoms in total. The molecule has 0 bridgehead atoms.